The molecule has 0 heterocycles. The van der Waals surface area contributed by atoms with Gasteiger partial charge in [-0.1, -0.05) is 52.9 Å². The van der Waals surface area contributed by atoms with Crippen LogP contribution in [0.25, 0.3) is 0 Å². The fraction of sp³-hybridized carbons (Fsp3) is 0.923. The Bertz CT molecular complexity index is 181. The average Bonchev–Trinajstić information content (AvgIpc) is 2.21. The summed E-state index contributed by atoms with van der Waals surface area (Å²) in [6, 6.07) is 0. The molecule has 16 heavy (non-hydrogen) atoms. The van der Waals surface area contributed by atoms with E-state index in [2.05, 4.69) is 6.92 Å². The third-order valence-electron chi connectivity index (χ3n) is 2.64. The van der Waals surface area contributed by atoms with Gasteiger partial charge in [-0.3, -0.25) is 4.79 Å². The predicted molar refractivity (Wildman–Crippen MR) is 72.1 cm³/mol. The van der Waals surface area contributed by atoms with Crippen LogP contribution in [0.15, 0.2) is 0 Å². The van der Waals surface area contributed by atoms with Crippen molar-refractivity contribution in [3.63, 3.8) is 0 Å². The van der Waals surface area contributed by atoms with Crippen LogP contribution in [0.3, 0.4) is 0 Å². The molecule has 0 bridgehead atoms. The van der Waals surface area contributed by atoms with Crippen molar-refractivity contribution in [1.82, 2.24) is 0 Å². The van der Waals surface area contributed by atoms with Crippen LogP contribution >= 0.6 is 11.8 Å². The van der Waals surface area contributed by atoms with Crippen molar-refractivity contribution in [2.45, 2.75) is 64.5 Å². The Balaban J connectivity index is 3.45. The monoisotopic (exact) mass is 246 g/mol. The minimum Gasteiger partial charge on any atom is -0.480 e. The molecule has 1 N–H and O–H groups in total. The molecule has 0 saturated heterocycles. The van der Waals surface area contributed by atoms with E-state index in [1.54, 1.807) is 11.8 Å². The van der Waals surface area contributed by atoms with E-state index in [1.165, 1.54) is 32.1 Å². The topological polar surface area (TPSA) is 37.3 Å². The number of carboxylic acids is 1. The second-order valence-electron chi connectivity index (χ2n) is 4.64. The number of carbonyl (C=O) groups is 1. The van der Waals surface area contributed by atoms with Crippen molar-refractivity contribution in [1.29, 1.82) is 0 Å². The molecular formula is C13H26O2S. The lowest BCUT2D eigenvalue weighted by molar-refractivity contribution is -0.137. The molecule has 96 valence electrons. The molecule has 0 aliphatic rings. The summed E-state index contributed by atoms with van der Waals surface area (Å²) in [5.74, 6) is 0.551. The molecule has 1 atom stereocenters. The number of unbranched alkanes of at least 4 members (excludes halogenated alkanes) is 5. The van der Waals surface area contributed by atoms with Gasteiger partial charge >= 0.3 is 5.97 Å². The lowest BCUT2D eigenvalue weighted by atomic mass is 10.1. The van der Waals surface area contributed by atoms with E-state index < -0.39 is 5.97 Å². The molecule has 0 aliphatic carbocycles. The van der Waals surface area contributed by atoms with Gasteiger partial charge in [0.1, 0.15) is 5.25 Å². The third kappa shape index (κ3) is 8.03. The fourth-order valence-corrected chi connectivity index (χ4v) is 2.79. The highest BCUT2D eigenvalue weighted by Crippen LogP contribution is 2.21. The molecule has 3 heteroatoms. The van der Waals surface area contributed by atoms with Crippen molar-refractivity contribution >= 4 is 17.7 Å². The van der Waals surface area contributed by atoms with Crippen LogP contribution < -0.4 is 0 Å². The van der Waals surface area contributed by atoms with Crippen molar-refractivity contribution < 1.29 is 9.90 Å². The first-order chi connectivity index (χ1) is 7.59. The Morgan fingerprint density at radius 1 is 1.12 bits per heavy atom. The first-order valence-electron chi connectivity index (χ1n) is 6.44. The smallest absolute Gasteiger partial charge is 0.316 e. The Hall–Kier alpha value is -0.180. The quantitative estimate of drug-likeness (QED) is 0.587. The van der Waals surface area contributed by atoms with E-state index in [9.17, 15) is 4.79 Å². The van der Waals surface area contributed by atoms with Gasteiger partial charge in [-0.15, -0.1) is 11.8 Å². The maximum absolute atomic E-state index is 10.9. The summed E-state index contributed by atoms with van der Waals surface area (Å²) in [5.41, 5.74) is 0. The summed E-state index contributed by atoms with van der Waals surface area (Å²) in [6.45, 7) is 6.18. The minimum absolute atomic E-state index is 0.225. The first-order valence-corrected chi connectivity index (χ1v) is 7.48. The van der Waals surface area contributed by atoms with Crippen molar-refractivity contribution in [2.24, 2.45) is 5.92 Å². The molecule has 0 saturated carbocycles. The number of rotatable bonds is 10. The predicted octanol–water partition coefficient (Wildman–Crippen LogP) is 4.19. The molecule has 0 aromatic rings. The minimum atomic E-state index is -0.661. The summed E-state index contributed by atoms with van der Waals surface area (Å²) >= 11 is 1.60. The highest BCUT2D eigenvalue weighted by molar-refractivity contribution is 8.00. The molecule has 0 aromatic heterocycles. The highest BCUT2D eigenvalue weighted by Gasteiger charge is 2.20. The zero-order valence-corrected chi connectivity index (χ0v) is 11.7. The molecule has 0 rings (SSSR count). The molecule has 0 aromatic carbocycles. The van der Waals surface area contributed by atoms with Gasteiger partial charge in [0.15, 0.2) is 0 Å². The molecule has 0 radical (unpaired) electrons. The normalized spacial score (nSPS) is 13.0. The SMILES string of the molecule is CCCCCCCCSC(C(=O)O)C(C)C. The van der Waals surface area contributed by atoms with Gasteiger partial charge in [-0.2, -0.15) is 0 Å². The van der Waals surface area contributed by atoms with Gasteiger partial charge in [0.05, 0.1) is 0 Å². The van der Waals surface area contributed by atoms with Crippen molar-refractivity contribution in [3.05, 3.63) is 0 Å². The second kappa shape index (κ2) is 10.0. The van der Waals surface area contributed by atoms with Gasteiger partial charge < -0.3 is 5.11 Å². The van der Waals surface area contributed by atoms with Crippen LogP contribution in [0.5, 0.6) is 0 Å². The van der Waals surface area contributed by atoms with E-state index in [-0.39, 0.29) is 11.2 Å². The number of hydrogen-bond acceptors (Lipinski definition) is 2. The molecule has 2 nitrogen and oxygen atoms in total. The second-order valence-corrected chi connectivity index (χ2v) is 5.89. The third-order valence-corrected chi connectivity index (χ3v) is 4.27. The van der Waals surface area contributed by atoms with Gasteiger partial charge in [0.2, 0.25) is 0 Å². The number of hydrogen-bond donors (Lipinski definition) is 1. The zero-order chi connectivity index (χ0) is 12.4. The Kier molecular flexibility index (Phi) is 9.89. The van der Waals surface area contributed by atoms with Crippen LogP contribution in [-0.2, 0) is 4.79 Å². The summed E-state index contributed by atoms with van der Waals surface area (Å²) in [4.78, 5) is 10.9. The highest BCUT2D eigenvalue weighted by atomic mass is 32.2. The summed E-state index contributed by atoms with van der Waals surface area (Å²) in [6.07, 6.45) is 7.64. The van der Waals surface area contributed by atoms with Gasteiger partial charge in [0.25, 0.3) is 0 Å². The summed E-state index contributed by atoms with van der Waals surface area (Å²) in [5, 5.41) is 8.77. The van der Waals surface area contributed by atoms with Crippen LogP contribution in [-0.4, -0.2) is 22.1 Å². The summed E-state index contributed by atoms with van der Waals surface area (Å²) in [7, 11) is 0. The van der Waals surface area contributed by atoms with Gasteiger partial charge in [0, 0.05) is 0 Å². The standard InChI is InChI=1S/C13H26O2S/c1-4-5-6-7-8-9-10-16-12(11(2)3)13(14)15/h11-12H,4-10H2,1-3H3,(H,14,15). The molecule has 0 fully saturated rings. The number of carboxylic acid groups (broad SMARTS) is 1. The van der Waals surface area contributed by atoms with E-state index >= 15 is 0 Å². The maximum atomic E-state index is 10.9. The van der Waals surface area contributed by atoms with E-state index in [1.807, 2.05) is 13.8 Å². The number of aliphatic carboxylic acids is 1. The lowest BCUT2D eigenvalue weighted by Gasteiger charge is -2.15. The van der Waals surface area contributed by atoms with Crippen LogP contribution in [0, 0.1) is 5.92 Å². The van der Waals surface area contributed by atoms with Crippen LogP contribution in [0.1, 0.15) is 59.3 Å². The first kappa shape index (κ1) is 15.8. The maximum Gasteiger partial charge on any atom is 0.316 e. The Morgan fingerprint density at radius 3 is 2.19 bits per heavy atom. The molecule has 1 unspecified atom stereocenters. The molecular weight excluding hydrogens is 220 g/mol. The molecule has 0 spiro atoms. The van der Waals surface area contributed by atoms with E-state index in [0.717, 1.165) is 12.2 Å². The van der Waals surface area contributed by atoms with E-state index in [0.29, 0.717) is 0 Å². The average molecular weight is 246 g/mol. The van der Waals surface area contributed by atoms with Gasteiger partial charge in [-0.05, 0) is 18.1 Å². The summed E-state index contributed by atoms with van der Waals surface area (Å²) < 4.78 is 0. The Labute approximate surface area is 104 Å². The van der Waals surface area contributed by atoms with Gasteiger partial charge in [-0.25, -0.2) is 0 Å². The number of thioether (sulfide) groups is 1. The molecule has 0 aliphatic heterocycles. The van der Waals surface area contributed by atoms with Crippen molar-refractivity contribution in [3.8, 4) is 0 Å². The fourth-order valence-electron chi connectivity index (χ4n) is 1.64. The van der Waals surface area contributed by atoms with E-state index in [4.69, 9.17) is 5.11 Å². The lowest BCUT2D eigenvalue weighted by Crippen LogP contribution is -2.22. The zero-order valence-electron chi connectivity index (χ0n) is 10.9. The molecule has 0 amide bonds. The largest absolute Gasteiger partial charge is 0.480 e. The Morgan fingerprint density at radius 2 is 1.69 bits per heavy atom. The van der Waals surface area contributed by atoms with Crippen LogP contribution in [0.4, 0.5) is 0 Å². The van der Waals surface area contributed by atoms with Crippen molar-refractivity contribution in [2.75, 3.05) is 5.75 Å². The van der Waals surface area contributed by atoms with Crippen LogP contribution in [0.2, 0.25) is 0 Å².